The van der Waals surface area contributed by atoms with E-state index in [0.29, 0.717) is 12.8 Å². The molecule has 0 aliphatic carbocycles. The first-order chi connectivity index (χ1) is 11.5. The minimum Gasteiger partial charge on any atom is -0.386 e. The number of nitrogens with zero attached hydrogens (tertiary/aromatic N) is 2. The molecule has 2 heterocycles. The van der Waals surface area contributed by atoms with E-state index in [1.165, 1.54) is 12.1 Å². The Morgan fingerprint density at radius 1 is 1.46 bits per heavy atom. The number of aryl methyl sites for hydroxylation is 2. The summed E-state index contributed by atoms with van der Waals surface area (Å²) in [5, 5.41) is 14.6. The number of imidazole rings is 1. The molecule has 0 spiro atoms. The molecule has 0 fully saturated rings. The Kier molecular flexibility index (Phi) is 4.92. The van der Waals surface area contributed by atoms with Gasteiger partial charge in [-0.05, 0) is 19.4 Å². The van der Waals surface area contributed by atoms with Crippen molar-refractivity contribution in [3.63, 3.8) is 0 Å². The predicted molar refractivity (Wildman–Crippen MR) is 90.5 cm³/mol. The number of aliphatic hydroxyl groups excluding tert-OH is 1. The molecule has 0 bridgehead atoms. The van der Waals surface area contributed by atoms with Crippen molar-refractivity contribution in [1.29, 1.82) is 0 Å². The fourth-order valence-electron chi connectivity index (χ4n) is 2.52. The van der Waals surface area contributed by atoms with Gasteiger partial charge < -0.3 is 10.4 Å². The van der Waals surface area contributed by atoms with Crippen LogP contribution in [0.25, 0.3) is 4.96 Å². The number of benzene rings is 1. The van der Waals surface area contributed by atoms with Crippen LogP contribution in [0, 0.1) is 12.7 Å². The van der Waals surface area contributed by atoms with Gasteiger partial charge in [0.1, 0.15) is 5.82 Å². The van der Waals surface area contributed by atoms with E-state index in [1.54, 1.807) is 23.5 Å². The zero-order valence-corrected chi connectivity index (χ0v) is 14.0. The lowest BCUT2D eigenvalue weighted by Crippen LogP contribution is -2.28. The lowest BCUT2D eigenvalue weighted by molar-refractivity contribution is -0.121. The molecule has 1 atom stereocenters. The van der Waals surface area contributed by atoms with E-state index in [9.17, 15) is 14.3 Å². The highest BCUT2D eigenvalue weighted by molar-refractivity contribution is 7.15. The minimum absolute atomic E-state index is 0.0109. The van der Waals surface area contributed by atoms with E-state index in [1.807, 2.05) is 22.9 Å². The molecule has 2 aromatic heterocycles. The second kappa shape index (κ2) is 7.11. The van der Waals surface area contributed by atoms with Crippen molar-refractivity contribution in [3.8, 4) is 0 Å². The van der Waals surface area contributed by atoms with Gasteiger partial charge in [0.15, 0.2) is 4.96 Å². The summed E-state index contributed by atoms with van der Waals surface area (Å²) < 4.78 is 15.6. The van der Waals surface area contributed by atoms with Crippen molar-refractivity contribution in [2.45, 2.75) is 25.9 Å². The third-order valence-electron chi connectivity index (χ3n) is 3.77. The highest BCUT2D eigenvalue weighted by Gasteiger charge is 2.14. The molecule has 24 heavy (non-hydrogen) atoms. The van der Waals surface area contributed by atoms with Crippen LogP contribution in [0.2, 0.25) is 0 Å². The van der Waals surface area contributed by atoms with Crippen LogP contribution in [-0.4, -0.2) is 26.9 Å². The van der Waals surface area contributed by atoms with Crippen LogP contribution in [0.5, 0.6) is 0 Å². The Labute approximate surface area is 142 Å². The number of hydrogen-bond acceptors (Lipinski definition) is 4. The lowest BCUT2D eigenvalue weighted by Gasteiger charge is -2.13. The number of halogens is 1. The van der Waals surface area contributed by atoms with Gasteiger partial charge in [-0.25, -0.2) is 9.37 Å². The zero-order valence-electron chi connectivity index (χ0n) is 13.2. The van der Waals surface area contributed by atoms with E-state index >= 15 is 0 Å². The van der Waals surface area contributed by atoms with Crippen LogP contribution in [0.3, 0.4) is 0 Å². The van der Waals surface area contributed by atoms with Crippen LogP contribution in [0.4, 0.5) is 4.39 Å². The summed E-state index contributed by atoms with van der Waals surface area (Å²) in [5.41, 5.74) is 2.16. The topological polar surface area (TPSA) is 66.6 Å². The van der Waals surface area contributed by atoms with Crippen molar-refractivity contribution in [1.82, 2.24) is 14.7 Å². The Hall–Kier alpha value is -2.25. The molecule has 0 aliphatic heterocycles. The van der Waals surface area contributed by atoms with E-state index in [2.05, 4.69) is 10.3 Å². The number of thiazole rings is 1. The van der Waals surface area contributed by atoms with Crippen LogP contribution >= 0.6 is 11.3 Å². The monoisotopic (exact) mass is 347 g/mol. The normalized spacial score (nSPS) is 12.5. The molecule has 1 unspecified atom stereocenters. The number of carbonyl (C=O) groups is 1. The number of aliphatic hydroxyl groups is 1. The van der Waals surface area contributed by atoms with Crippen molar-refractivity contribution in [3.05, 3.63) is 58.6 Å². The second-order valence-corrected chi connectivity index (χ2v) is 6.44. The van der Waals surface area contributed by atoms with E-state index in [4.69, 9.17) is 0 Å². The predicted octanol–water partition coefficient (Wildman–Crippen LogP) is 2.63. The molecule has 0 saturated heterocycles. The highest BCUT2D eigenvalue weighted by Crippen LogP contribution is 2.18. The number of fused-ring (bicyclic) bond motifs is 1. The molecular weight excluding hydrogens is 329 g/mol. The smallest absolute Gasteiger partial charge is 0.220 e. The fourth-order valence-corrected chi connectivity index (χ4v) is 3.47. The summed E-state index contributed by atoms with van der Waals surface area (Å²) in [4.78, 5) is 17.3. The molecule has 0 radical (unpaired) electrons. The second-order valence-electron chi connectivity index (χ2n) is 5.60. The molecule has 3 rings (SSSR count). The zero-order chi connectivity index (χ0) is 17.1. The largest absolute Gasteiger partial charge is 0.386 e. The molecule has 0 aliphatic rings. The Balaban J connectivity index is 1.52. The molecular formula is C17H18FN3O2S. The average molecular weight is 347 g/mol. The quantitative estimate of drug-likeness (QED) is 0.720. The summed E-state index contributed by atoms with van der Waals surface area (Å²) in [5.74, 6) is -0.656. The molecule has 7 heteroatoms. The maximum absolute atomic E-state index is 13.6. The van der Waals surface area contributed by atoms with Crippen LogP contribution in [0.1, 0.15) is 29.5 Å². The SMILES string of the molecule is Cc1cn2c(CCC(=O)NCC(O)c3ccccc3F)csc2n1. The van der Waals surface area contributed by atoms with Crippen LogP contribution < -0.4 is 5.32 Å². The lowest BCUT2D eigenvalue weighted by atomic mass is 10.1. The Bertz CT molecular complexity index is 859. The van der Waals surface area contributed by atoms with Gasteiger partial charge in [0.2, 0.25) is 5.91 Å². The molecule has 5 nitrogen and oxygen atoms in total. The van der Waals surface area contributed by atoms with E-state index < -0.39 is 11.9 Å². The summed E-state index contributed by atoms with van der Waals surface area (Å²) in [7, 11) is 0. The molecule has 3 aromatic rings. The maximum Gasteiger partial charge on any atom is 0.220 e. The van der Waals surface area contributed by atoms with Gasteiger partial charge >= 0.3 is 0 Å². The van der Waals surface area contributed by atoms with E-state index in [-0.39, 0.29) is 18.0 Å². The fraction of sp³-hybridized carbons (Fsp3) is 0.294. The standard InChI is InChI=1S/C17H18FN3O2S/c1-11-9-21-12(10-24-17(21)20-11)6-7-16(23)19-8-15(22)13-4-2-3-5-14(13)18/h2-5,9-10,15,22H,6-8H2,1H3,(H,19,23). The minimum atomic E-state index is -1.06. The van der Waals surface area contributed by atoms with Crippen LogP contribution in [0.15, 0.2) is 35.8 Å². The molecule has 2 N–H and O–H groups in total. The number of rotatable bonds is 6. The van der Waals surface area contributed by atoms with Crippen LogP contribution in [-0.2, 0) is 11.2 Å². The maximum atomic E-state index is 13.6. The van der Waals surface area contributed by atoms with Crippen molar-refractivity contribution in [2.75, 3.05) is 6.54 Å². The third kappa shape index (κ3) is 3.63. The summed E-state index contributed by atoms with van der Waals surface area (Å²) >= 11 is 1.54. The highest BCUT2D eigenvalue weighted by atomic mass is 32.1. The average Bonchev–Trinajstić information content (AvgIpc) is 3.10. The van der Waals surface area contributed by atoms with Gasteiger partial charge in [0.25, 0.3) is 0 Å². The van der Waals surface area contributed by atoms with Gasteiger partial charge in [-0.15, -0.1) is 11.3 Å². The first-order valence-corrected chi connectivity index (χ1v) is 8.54. The van der Waals surface area contributed by atoms with Gasteiger partial charge in [0, 0.05) is 35.8 Å². The number of amides is 1. The van der Waals surface area contributed by atoms with Crippen molar-refractivity contribution >= 4 is 22.2 Å². The molecule has 126 valence electrons. The number of nitrogens with one attached hydrogen (secondary N) is 1. The van der Waals surface area contributed by atoms with Gasteiger partial charge in [-0.1, -0.05) is 18.2 Å². The third-order valence-corrected chi connectivity index (χ3v) is 4.66. The summed E-state index contributed by atoms with van der Waals surface area (Å²) in [6.45, 7) is 1.92. The van der Waals surface area contributed by atoms with Gasteiger partial charge in [-0.3, -0.25) is 9.20 Å². The first-order valence-electron chi connectivity index (χ1n) is 7.66. The molecule has 1 amide bonds. The first kappa shape index (κ1) is 16.6. The van der Waals surface area contributed by atoms with Crippen molar-refractivity contribution in [2.24, 2.45) is 0 Å². The Morgan fingerprint density at radius 2 is 2.25 bits per heavy atom. The number of hydrogen-bond donors (Lipinski definition) is 2. The molecule has 1 aromatic carbocycles. The number of aromatic nitrogens is 2. The van der Waals surface area contributed by atoms with E-state index in [0.717, 1.165) is 16.3 Å². The summed E-state index contributed by atoms with van der Waals surface area (Å²) in [6.07, 6.45) is 1.77. The molecule has 0 saturated carbocycles. The van der Waals surface area contributed by atoms with Gasteiger partial charge in [0.05, 0.1) is 11.8 Å². The van der Waals surface area contributed by atoms with Crippen molar-refractivity contribution < 1.29 is 14.3 Å². The Morgan fingerprint density at radius 3 is 3.04 bits per heavy atom. The number of carbonyl (C=O) groups excluding carboxylic acids is 1. The van der Waals surface area contributed by atoms with Gasteiger partial charge in [-0.2, -0.15) is 0 Å². The summed E-state index contributed by atoms with van der Waals surface area (Å²) in [6, 6.07) is 6.01.